The highest BCUT2D eigenvalue weighted by Gasteiger charge is 2.15. The molecule has 2 aromatic rings. The Bertz CT molecular complexity index is 737. The maximum atomic E-state index is 12.0. The number of benzene rings is 1. The quantitative estimate of drug-likeness (QED) is 0.412. The fourth-order valence-electron chi connectivity index (χ4n) is 2.32. The Morgan fingerprint density at radius 1 is 1.19 bits per heavy atom. The lowest BCUT2D eigenvalue weighted by atomic mass is 10.3. The van der Waals surface area contributed by atoms with E-state index in [0.29, 0.717) is 23.9 Å². The molecule has 0 radical (unpaired) electrons. The Hall–Kier alpha value is -2.00. The number of aryl methyl sites for hydroxylation is 1. The molecule has 0 aliphatic rings. The van der Waals surface area contributed by atoms with Crippen molar-refractivity contribution in [2.75, 3.05) is 18.1 Å². The summed E-state index contributed by atoms with van der Waals surface area (Å²) in [4.78, 5) is 24.3. The number of carbonyl (C=O) groups is 2. The van der Waals surface area contributed by atoms with Gasteiger partial charge in [0, 0.05) is 17.9 Å². The Balaban J connectivity index is 1.71. The maximum Gasteiger partial charge on any atom is 0.323 e. The Kier molecular flexibility index (Phi) is 9.20. The second-order valence-corrected chi connectivity index (χ2v) is 7.89. The minimum atomic E-state index is -0.950. The van der Waals surface area contributed by atoms with Crippen molar-refractivity contribution in [2.24, 2.45) is 0 Å². The molecule has 9 heteroatoms. The number of rotatable bonds is 12. The van der Waals surface area contributed by atoms with Crippen LogP contribution in [-0.2, 0) is 22.6 Å². The van der Waals surface area contributed by atoms with Gasteiger partial charge in [-0.15, -0.1) is 22.0 Å². The zero-order valence-corrected chi connectivity index (χ0v) is 16.9. The average molecular weight is 409 g/mol. The van der Waals surface area contributed by atoms with E-state index in [1.165, 1.54) is 16.7 Å². The van der Waals surface area contributed by atoms with E-state index in [4.69, 9.17) is 5.11 Å². The van der Waals surface area contributed by atoms with E-state index in [9.17, 15) is 9.59 Å². The Morgan fingerprint density at radius 3 is 2.67 bits per heavy atom. The minimum Gasteiger partial charge on any atom is -0.480 e. The van der Waals surface area contributed by atoms with Crippen LogP contribution in [0.25, 0.3) is 0 Å². The van der Waals surface area contributed by atoms with Gasteiger partial charge in [0.1, 0.15) is 12.4 Å². The number of nitrogens with one attached hydrogen (secondary N) is 1. The van der Waals surface area contributed by atoms with Crippen LogP contribution < -0.4 is 5.32 Å². The molecular weight excluding hydrogens is 384 g/mol. The predicted molar refractivity (Wildman–Crippen MR) is 107 cm³/mol. The van der Waals surface area contributed by atoms with E-state index in [1.807, 2.05) is 25.1 Å². The molecular formula is C18H24N4O3S2. The van der Waals surface area contributed by atoms with E-state index < -0.39 is 5.97 Å². The van der Waals surface area contributed by atoms with E-state index in [2.05, 4.69) is 27.6 Å². The van der Waals surface area contributed by atoms with Crippen molar-refractivity contribution in [1.29, 1.82) is 0 Å². The summed E-state index contributed by atoms with van der Waals surface area (Å²) in [5, 5.41) is 20.5. The van der Waals surface area contributed by atoms with Crippen LogP contribution in [0.2, 0.25) is 0 Å². The third-order valence-corrected chi connectivity index (χ3v) is 5.61. The number of aliphatic carboxylic acids is 1. The van der Waals surface area contributed by atoms with Crippen molar-refractivity contribution in [2.45, 2.75) is 42.8 Å². The second kappa shape index (κ2) is 11.7. The zero-order valence-electron chi connectivity index (χ0n) is 15.3. The number of thioether (sulfide) groups is 2. The van der Waals surface area contributed by atoms with Crippen LogP contribution in [-0.4, -0.2) is 49.8 Å². The lowest BCUT2D eigenvalue weighted by Gasteiger charge is -2.07. The molecule has 2 N–H and O–H groups in total. The Morgan fingerprint density at radius 2 is 1.96 bits per heavy atom. The van der Waals surface area contributed by atoms with E-state index >= 15 is 0 Å². The number of nitrogens with zero attached hydrogens (tertiary/aromatic N) is 3. The van der Waals surface area contributed by atoms with E-state index in [-0.39, 0.29) is 18.2 Å². The molecule has 0 saturated carbocycles. The summed E-state index contributed by atoms with van der Waals surface area (Å²) in [6.45, 7) is 2.42. The first-order valence-electron chi connectivity index (χ1n) is 8.81. The topological polar surface area (TPSA) is 97.1 Å². The summed E-state index contributed by atoms with van der Waals surface area (Å²) >= 11 is 2.98. The fraction of sp³-hybridized carbons (Fsp3) is 0.444. The predicted octanol–water partition coefficient (Wildman–Crippen LogP) is 2.71. The van der Waals surface area contributed by atoms with Gasteiger partial charge in [-0.25, -0.2) is 0 Å². The number of hydrogen-bond donors (Lipinski definition) is 2. The summed E-state index contributed by atoms with van der Waals surface area (Å²) < 4.78 is 1.57. The number of aromatic nitrogens is 3. The second-order valence-electron chi connectivity index (χ2n) is 5.78. The number of hydrogen-bond acceptors (Lipinski definition) is 6. The SMILES string of the molecule is CCCc1nnc(SCC(=O)NCCCSc2ccccc2)n1CC(=O)O. The van der Waals surface area contributed by atoms with E-state index in [1.54, 1.807) is 16.3 Å². The largest absolute Gasteiger partial charge is 0.480 e. The van der Waals surface area contributed by atoms with Crippen molar-refractivity contribution in [3.05, 3.63) is 36.2 Å². The van der Waals surface area contributed by atoms with Crippen molar-refractivity contribution >= 4 is 35.4 Å². The summed E-state index contributed by atoms with van der Waals surface area (Å²) in [5.74, 6) is 0.724. The molecule has 0 aliphatic heterocycles. The number of carbonyl (C=O) groups excluding carboxylic acids is 1. The molecule has 1 aromatic heterocycles. The molecule has 0 atom stereocenters. The van der Waals surface area contributed by atoms with Crippen LogP contribution in [0.15, 0.2) is 40.4 Å². The molecule has 0 unspecified atom stereocenters. The molecule has 7 nitrogen and oxygen atoms in total. The molecule has 0 aliphatic carbocycles. The summed E-state index contributed by atoms with van der Waals surface area (Å²) in [5.41, 5.74) is 0. The van der Waals surface area contributed by atoms with Gasteiger partial charge < -0.3 is 10.4 Å². The average Bonchev–Trinajstić information content (AvgIpc) is 3.02. The highest BCUT2D eigenvalue weighted by atomic mass is 32.2. The van der Waals surface area contributed by atoms with Gasteiger partial charge in [-0.1, -0.05) is 36.9 Å². The van der Waals surface area contributed by atoms with Crippen LogP contribution in [0.3, 0.4) is 0 Å². The Labute approximate surface area is 167 Å². The van der Waals surface area contributed by atoms with Gasteiger partial charge in [0.25, 0.3) is 0 Å². The monoisotopic (exact) mass is 408 g/mol. The molecule has 1 aromatic carbocycles. The molecule has 0 spiro atoms. The third-order valence-electron chi connectivity index (χ3n) is 3.55. The zero-order chi connectivity index (χ0) is 19.5. The van der Waals surface area contributed by atoms with Gasteiger partial charge >= 0.3 is 5.97 Å². The van der Waals surface area contributed by atoms with Crippen molar-refractivity contribution in [1.82, 2.24) is 20.1 Å². The molecule has 0 fully saturated rings. The first-order chi connectivity index (χ1) is 13.1. The molecule has 2 rings (SSSR count). The van der Waals surface area contributed by atoms with Crippen molar-refractivity contribution in [3.63, 3.8) is 0 Å². The fourth-order valence-corrected chi connectivity index (χ4v) is 3.98. The highest BCUT2D eigenvalue weighted by Crippen LogP contribution is 2.18. The van der Waals surface area contributed by atoms with Crippen LogP contribution >= 0.6 is 23.5 Å². The van der Waals surface area contributed by atoms with Crippen molar-refractivity contribution < 1.29 is 14.7 Å². The van der Waals surface area contributed by atoms with Crippen LogP contribution in [0.4, 0.5) is 0 Å². The summed E-state index contributed by atoms with van der Waals surface area (Å²) in [6, 6.07) is 10.1. The molecule has 1 heterocycles. The smallest absolute Gasteiger partial charge is 0.323 e. The molecule has 0 saturated heterocycles. The lowest BCUT2D eigenvalue weighted by Crippen LogP contribution is -2.26. The van der Waals surface area contributed by atoms with Gasteiger partial charge in [-0.05, 0) is 30.7 Å². The maximum absolute atomic E-state index is 12.0. The normalized spacial score (nSPS) is 10.7. The standard InChI is InChI=1S/C18H24N4O3S2/c1-2-7-15-20-21-18(22(15)12-17(24)25)27-13-16(23)19-10-6-11-26-14-8-4-3-5-9-14/h3-5,8-9H,2,6-7,10-13H2,1H3,(H,19,23)(H,24,25). The number of carboxylic acids is 1. The third kappa shape index (κ3) is 7.64. The number of carboxylic acid groups (broad SMARTS) is 1. The first-order valence-corrected chi connectivity index (χ1v) is 10.8. The first kappa shape index (κ1) is 21.3. The van der Waals surface area contributed by atoms with E-state index in [0.717, 1.165) is 18.6 Å². The van der Waals surface area contributed by atoms with Gasteiger partial charge in [0.2, 0.25) is 5.91 Å². The van der Waals surface area contributed by atoms with Gasteiger partial charge in [-0.2, -0.15) is 0 Å². The van der Waals surface area contributed by atoms with Crippen LogP contribution in [0.5, 0.6) is 0 Å². The number of amides is 1. The molecule has 146 valence electrons. The van der Waals surface area contributed by atoms with Gasteiger partial charge in [-0.3, -0.25) is 14.2 Å². The van der Waals surface area contributed by atoms with Crippen LogP contribution in [0.1, 0.15) is 25.6 Å². The van der Waals surface area contributed by atoms with Gasteiger partial charge in [0.05, 0.1) is 5.75 Å². The minimum absolute atomic E-state index is 0.0911. The van der Waals surface area contributed by atoms with Crippen molar-refractivity contribution in [3.8, 4) is 0 Å². The molecule has 1 amide bonds. The lowest BCUT2D eigenvalue weighted by molar-refractivity contribution is -0.137. The summed E-state index contributed by atoms with van der Waals surface area (Å²) in [7, 11) is 0. The van der Waals surface area contributed by atoms with Gasteiger partial charge in [0.15, 0.2) is 5.16 Å². The molecule has 27 heavy (non-hydrogen) atoms. The summed E-state index contributed by atoms with van der Waals surface area (Å²) in [6.07, 6.45) is 2.39. The molecule has 0 bridgehead atoms. The highest BCUT2D eigenvalue weighted by molar-refractivity contribution is 7.99. The van der Waals surface area contributed by atoms with Crippen LogP contribution in [0, 0.1) is 0 Å².